The van der Waals surface area contributed by atoms with Crippen molar-refractivity contribution in [3.8, 4) is 39.6 Å². The first-order valence-corrected chi connectivity index (χ1v) is 23.5. The second-order valence-corrected chi connectivity index (χ2v) is 21.4. The molecular formula is C54H45N4OPtSi-3. The summed E-state index contributed by atoms with van der Waals surface area (Å²) in [5.74, 6) is 2.15. The van der Waals surface area contributed by atoms with Gasteiger partial charge in [-0.1, -0.05) is 153 Å². The zero-order chi connectivity index (χ0) is 41.2. The van der Waals surface area contributed by atoms with E-state index in [1.54, 1.807) is 0 Å². The molecule has 0 aliphatic carbocycles. The van der Waals surface area contributed by atoms with Gasteiger partial charge in [0.05, 0.1) is 13.8 Å². The summed E-state index contributed by atoms with van der Waals surface area (Å²) in [6.45, 7) is 11.6. The van der Waals surface area contributed by atoms with Crippen LogP contribution in [0.25, 0.3) is 49.9 Å². The minimum Gasteiger partial charge on any atom is -0.509 e. The second kappa shape index (κ2) is 15.7. The fourth-order valence-electron chi connectivity index (χ4n) is 8.85. The van der Waals surface area contributed by atoms with Crippen LogP contribution in [0.1, 0.15) is 26.3 Å². The first kappa shape index (κ1) is 40.2. The number of rotatable bonds is 9. The summed E-state index contributed by atoms with van der Waals surface area (Å²) in [5.41, 5.74) is 11.4. The molecule has 0 radical (unpaired) electrons. The summed E-state index contributed by atoms with van der Waals surface area (Å²) in [6, 6.07) is 62.2. The number of nitrogens with one attached hydrogen (secondary N) is 1. The van der Waals surface area contributed by atoms with Crippen LogP contribution in [0.5, 0.6) is 11.5 Å². The Balaban J connectivity index is 0.00000476. The minimum atomic E-state index is -2.03. The Kier molecular flexibility index (Phi) is 10.3. The van der Waals surface area contributed by atoms with Crippen LogP contribution in [0.2, 0.25) is 13.1 Å². The summed E-state index contributed by atoms with van der Waals surface area (Å²) in [5, 5.41) is 9.05. The van der Waals surface area contributed by atoms with Gasteiger partial charge in [-0.15, -0.1) is 35.7 Å². The number of para-hydroxylation sites is 3. The molecule has 0 unspecified atom stereocenters. The van der Waals surface area contributed by atoms with Gasteiger partial charge < -0.3 is 19.5 Å². The largest absolute Gasteiger partial charge is 0.509 e. The fraction of sp³-hybridized carbons (Fsp3) is 0.111. The molecule has 0 spiro atoms. The van der Waals surface area contributed by atoms with Crippen LogP contribution < -0.4 is 25.3 Å². The van der Waals surface area contributed by atoms with Gasteiger partial charge in [-0.2, -0.15) is 11.3 Å². The maximum atomic E-state index is 6.74. The first-order valence-electron chi connectivity index (χ1n) is 20.5. The van der Waals surface area contributed by atoms with Crippen LogP contribution in [0.15, 0.2) is 164 Å². The molecule has 3 heterocycles. The Hall–Kier alpha value is -6.20. The molecule has 1 aliphatic heterocycles. The van der Waals surface area contributed by atoms with Crippen LogP contribution in [-0.2, 0) is 26.5 Å². The molecular weight excluding hydrogens is 944 g/mol. The summed E-state index contributed by atoms with van der Waals surface area (Å²) in [4.78, 5) is 6.96. The number of anilines is 4. The molecule has 61 heavy (non-hydrogen) atoms. The topological polar surface area (TPSA) is 42.3 Å². The second-order valence-electron chi connectivity index (χ2n) is 17.1. The molecule has 7 aromatic carbocycles. The maximum Gasteiger partial charge on any atom is 0.135 e. The van der Waals surface area contributed by atoms with E-state index >= 15 is 0 Å². The average Bonchev–Trinajstić information content (AvgIpc) is 3.72. The van der Waals surface area contributed by atoms with Crippen LogP contribution in [0.4, 0.5) is 22.7 Å². The molecule has 0 amide bonds. The molecule has 7 heteroatoms. The van der Waals surface area contributed by atoms with Gasteiger partial charge in [-0.3, -0.25) is 7.05 Å². The van der Waals surface area contributed by atoms with Crippen molar-refractivity contribution in [3.63, 3.8) is 0 Å². The Labute approximate surface area is 374 Å². The predicted octanol–water partition coefficient (Wildman–Crippen LogP) is 13.0. The van der Waals surface area contributed by atoms with Gasteiger partial charge >= 0.3 is 0 Å². The van der Waals surface area contributed by atoms with Gasteiger partial charge in [0.25, 0.3) is 0 Å². The van der Waals surface area contributed by atoms with Crippen molar-refractivity contribution in [2.24, 2.45) is 0 Å². The zero-order valence-corrected chi connectivity index (χ0v) is 38.1. The normalized spacial score (nSPS) is 12.8. The van der Waals surface area contributed by atoms with Gasteiger partial charge in [0.2, 0.25) is 0 Å². The van der Waals surface area contributed by atoms with Gasteiger partial charge in [-0.25, -0.2) is 4.98 Å². The van der Waals surface area contributed by atoms with E-state index in [1.807, 2.05) is 53.6 Å². The number of hydrogen-bond acceptors (Lipinski definition) is 4. The third-order valence-corrected chi connectivity index (χ3v) is 15.4. The molecule has 2 aromatic heterocycles. The van der Waals surface area contributed by atoms with Gasteiger partial charge in [-0.05, 0) is 57.8 Å². The van der Waals surface area contributed by atoms with Crippen molar-refractivity contribution in [3.05, 3.63) is 189 Å². The Morgan fingerprint density at radius 2 is 1.33 bits per heavy atom. The van der Waals surface area contributed by atoms with E-state index in [0.29, 0.717) is 11.5 Å². The summed E-state index contributed by atoms with van der Waals surface area (Å²) in [6.07, 6.45) is 1.92. The van der Waals surface area contributed by atoms with E-state index in [2.05, 4.69) is 178 Å². The molecule has 10 rings (SSSR count). The zero-order valence-electron chi connectivity index (χ0n) is 34.9. The van der Waals surface area contributed by atoms with Crippen LogP contribution >= 0.6 is 0 Å². The van der Waals surface area contributed by atoms with Crippen molar-refractivity contribution < 1.29 is 25.8 Å². The summed E-state index contributed by atoms with van der Waals surface area (Å²) in [7, 11) is 2.66. The third-order valence-electron chi connectivity index (χ3n) is 11.9. The van der Waals surface area contributed by atoms with Crippen molar-refractivity contribution in [2.75, 3.05) is 10.2 Å². The monoisotopic (exact) mass is 988 g/mol. The predicted molar refractivity (Wildman–Crippen MR) is 253 cm³/mol. The minimum absolute atomic E-state index is 0. The number of nitrogens with zero attached hydrogens (tertiary/aromatic N) is 3. The molecule has 5 nitrogen and oxygen atoms in total. The van der Waals surface area contributed by atoms with Crippen molar-refractivity contribution in [1.82, 2.24) is 9.55 Å². The number of benzene rings is 7. The van der Waals surface area contributed by atoms with E-state index < -0.39 is 8.07 Å². The van der Waals surface area contributed by atoms with E-state index in [-0.39, 0.29) is 26.5 Å². The quantitative estimate of drug-likeness (QED) is 0.116. The van der Waals surface area contributed by atoms with Gasteiger partial charge in [0.1, 0.15) is 5.82 Å². The molecule has 0 saturated heterocycles. The van der Waals surface area contributed by atoms with Crippen molar-refractivity contribution >= 4 is 63.0 Å². The van der Waals surface area contributed by atoms with E-state index in [1.165, 1.54) is 26.7 Å². The SMILES string of the molecule is [CH2-]N(c1ccccc1Nc1[c-]c(Oc2[c-]c3c4c(c2)[Si](C)(C)c2cccc(c24)n3-c2cc(C(C)(C)C)ccn2)ccc1)c1c(-c2ccccc2)cccc1-c1ccccc1.[Pt]. The molecule has 0 atom stereocenters. The molecule has 1 N–H and O–H groups in total. The van der Waals surface area contributed by atoms with Gasteiger partial charge in [0, 0.05) is 66.8 Å². The maximum absolute atomic E-state index is 6.74. The number of pyridine rings is 1. The average molecular weight is 989 g/mol. The Bertz CT molecular complexity index is 3020. The van der Waals surface area contributed by atoms with Crippen LogP contribution in [0, 0.1) is 19.2 Å². The fourth-order valence-corrected chi connectivity index (χ4v) is 11.9. The number of ether oxygens (including phenoxy) is 1. The van der Waals surface area contributed by atoms with E-state index in [4.69, 9.17) is 9.72 Å². The summed E-state index contributed by atoms with van der Waals surface area (Å²) >= 11 is 0. The third kappa shape index (κ3) is 7.08. The molecule has 1 aliphatic rings. The van der Waals surface area contributed by atoms with Gasteiger partial charge in [0.15, 0.2) is 0 Å². The molecule has 304 valence electrons. The van der Waals surface area contributed by atoms with Crippen LogP contribution in [0.3, 0.4) is 0 Å². The van der Waals surface area contributed by atoms with Crippen molar-refractivity contribution in [1.29, 1.82) is 0 Å². The first-order chi connectivity index (χ1) is 29.1. The standard InChI is InChI=1S/C54H45N4OSi.Pt/c1-54(2,3)38-30-31-55-50(32-38)58-46-28-17-29-48-51(46)52-47(58)34-41(35-49(52)60(48,5)6)59-40-23-15-22-39(33-40)56-44-26-13-14-27-45(44)57(4)53-42(36-18-9-7-10-19-36)24-16-25-43(53)37-20-11-8-12-21-37;/h7-32,35,56H,4H2,1-3,5-6H3;/q-3;. The smallest absolute Gasteiger partial charge is 0.135 e. The Morgan fingerprint density at radius 1 is 0.672 bits per heavy atom. The number of hydrogen-bond donors (Lipinski definition) is 1. The molecule has 0 fully saturated rings. The molecule has 9 aromatic rings. The van der Waals surface area contributed by atoms with Crippen LogP contribution in [-0.4, -0.2) is 17.6 Å². The van der Waals surface area contributed by atoms with Crippen molar-refractivity contribution in [2.45, 2.75) is 39.3 Å². The Morgan fingerprint density at radius 3 is 2.03 bits per heavy atom. The summed E-state index contributed by atoms with van der Waals surface area (Å²) < 4.78 is 9.01. The van der Waals surface area contributed by atoms with E-state index in [0.717, 1.165) is 61.9 Å². The number of aromatic nitrogens is 2. The van der Waals surface area contributed by atoms with E-state index in [9.17, 15) is 0 Å². The molecule has 0 bridgehead atoms. The molecule has 0 saturated carbocycles.